The number of amides is 2. The first-order valence-electron chi connectivity index (χ1n) is 10.6. The summed E-state index contributed by atoms with van der Waals surface area (Å²) in [6, 6.07) is 7.91. The minimum atomic E-state index is -0.367. The monoisotopic (exact) mass is 436 g/mol. The third-order valence-electron chi connectivity index (χ3n) is 5.85. The number of benzene rings is 1. The van der Waals surface area contributed by atoms with Gasteiger partial charge in [0.1, 0.15) is 11.6 Å². The summed E-state index contributed by atoms with van der Waals surface area (Å²) in [4.78, 5) is 31.0. The molecule has 31 heavy (non-hydrogen) atoms. The lowest BCUT2D eigenvalue weighted by molar-refractivity contribution is -0.118. The molecule has 6 nitrogen and oxygen atoms in total. The van der Waals surface area contributed by atoms with E-state index in [4.69, 9.17) is 0 Å². The molecule has 0 saturated heterocycles. The van der Waals surface area contributed by atoms with Gasteiger partial charge in [0.25, 0.3) is 5.91 Å². The second-order valence-electron chi connectivity index (χ2n) is 8.19. The van der Waals surface area contributed by atoms with Crippen molar-refractivity contribution in [2.24, 2.45) is 5.92 Å². The van der Waals surface area contributed by atoms with Gasteiger partial charge in [-0.3, -0.25) is 14.5 Å². The molecule has 2 unspecified atom stereocenters. The second-order valence-corrected chi connectivity index (χ2v) is 9.03. The van der Waals surface area contributed by atoms with Crippen LogP contribution in [0.15, 0.2) is 29.2 Å². The van der Waals surface area contributed by atoms with E-state index in [2.05, 4.69) is 17.2 Å². The van der Waals surface area contributed by atoms with Crippen LogP contribution in [0.5, 0.6) is 0 Å². The van der Waals surface area contributed by atoms with Crippen LogP contribution in [0.4, 0.5) is 10.8 Å². The molecule has 1 heterocycles. The van der Waals surface area contributed by atoms with E-state index < -0.39 is 0 Å². The van der Waals surface area contributed by atoms with Crippen molar-refractivity contribution >= 4 is 40.0 Å². The minimum absolute atomic E-state index is 0.0233. The average Bonchev–Trinajstić information content (AvgIpc) is 3.18. The zero-order chi connectivity index (χ0) is 22.5. The molecular formula is C24H28N4O2S. The molecule has 0 aliphatic heterocycles. The van der Waals surface area contributed by atoms with Gasteiger partial charge in [-0.05, 0) is 61.9 Å². The minimum Gasteiger partial charge on any atom is -0.348 e. The van der Waals surface area contributed by atoms with Gasteiger partial charge in [-0.25, -0.2) is 4.98 Å². The first-order valence-corrected chi connectivity index (χ1v) is 11.4. The second kappa shape index (κ2) is 9.88. The Balaban J connectivity index is 1.82. The van der Waals surface area contributed by atoms with Crippen molar-refractivity contribution in [2.75, 3.05) is 4.90 Å². The number of anilines is 2. The molecule has 1 aromatic carbocycles. The van der Waals surface area contributed by atoms with Gasteiger partial charge < -0.3 is 5.32 Å². The molecule has 1 aliphatic carbocycles. The lowest BCUT2D eigenvalue weighted by Gasteiger charge is -2.29. The summed E-state index contributed by atoms with van der Waals surface area (Å²) in [5.41, 5.74) is 3.48. The molecule has 1 N–H and O–H groups in total. The Labute approximate surface area is 187 Å². The van der Waals surface area contributed by atoms with Gasteiger partial charge in [-0.1, -0.05) is 25.8 Å². The number of nitrogens with zero attached hydrogens (tertiary/aromatic N) is 3. The average molecular weight is 437 g/mol. The largest absolute Gasteiger partial charge is 0.348 e. The van der Waals surface area contributed by atoms with E-state index in [1.807, 2.05) is 38.1 Å². The number of nitrogens with one attached hydrogen (secondary N) is 1. The number of carbonyl (C=O) groups excluding carboxylic acids is 2. The zero-order valence-corrected chi connectivity index (χ0v) is 19.3. The number of carbonyl (C=O) groups is 2. The quantitative estimate of drug-likeness (QED) is 0.525. The lowest BCUT2D eigenvalue weighted by atomic mass is 9.86. The summed E-state index contributed by atoms with van der Waals surface area (Å²) in [5, 5.41) is 14.8. The molecule has 1 aromatic heterocycles. The first-order chi connectivity index (χ1) is 14.8. The Morgan fingerprint density at radius 3 is 2.65 bits per heavy atom. The number of aromatic nitrogens is 1. The summed E-state index contributed by atoms with van der Waals surface area (Å²) in [6.45, 7) is 7.64. The van der Waals surface area contributed by atoms with E-state index in [0.717, 1.165) is 36.1 Å². The third-order valence-corrected chi connectivity index (χ3v) is 6.69. The van der Waals surface area contributed by atoms with Gasteiger partial charge in [0, 0.05) is 18.3 Å². The predicted molar refractivity (Wildman–Crippen MR) is 124 cm³/mol. The smallest absolute Gasteiger partial charge is 0.262 e. The molecule has 162 valence electrons. The van der Waals surface area contributed by atoms with Crippen LogP contribution in [0.1, 0.15) is 56.4 Å². The molecule has 2 atom stereocenters. The van der Waals surface area contributed by atoms with E-state index in [1.54, 1.807) is 10.3 Å². The van der Waals surface area contributed by atoms with Gasteiger partial charge in [0.05, 0.1) is 11.4 Å². The Kier molecular flexibility index (Phi) is 7.24. The molecule has 1 saturated carbocycles. The first kappa shape index (κ1) is 22.7. The van der Waals surface area contributed by atoms with Crippen molar-refractivity contribution in [1.29, 1.82) is 5.26 Å². The maximum atomic E-state index is 12.6. The summed E-state index contributed by atoms with van der Waals surface area (Å²) in [7, 11) is 0. The number of nitriles is 1. The highest BCUT2D eigenvalue weighted by atomic mass is 32.1. The van der Waals surface area contributed by atoms with Crippen LogP contribution in [0.25, 0.3) is 6.08 Å². The van der Waals surface area contributed by atoms with Crippen molar-refractivity contribution < 1.29 is 9.59 Å². The van der Waals surface area contributed by atoms with Crippen LogP contribution in [0.2, 0.25) is 0 Å². The fourth-order valence-electron chi connectivity index (χ4n) is 3.81. The lowest BCUT2D eigenvalue weighted by Crippen LogP contribution is -2.41. The molecule has 1 fully saturated rings. The van der Waals surface area contributed by atoms with Crippen LogP contribution >= 0.6 is 11.3 Å². The number of rotatable bonds is 5. The zero-order valence-electron chi connectivity index (χ0n) is 18.4. The Morgan fingerprint density at radius 2 is 2.00 bits per heavy atom. The van der Waals surface area contributed by atoms with Crippen molar-refractivity contribution in [3.63, 3.8) is 0 Å². The van der Waals surface area contributed by atoms with Crippen LogP contribution in [-0.4, -0.2) is 22.8 Å². The molecule has 7 heteroatoms. The third kappa shape index (κ3) is 5.39. The van der Waals surface area contributed by atoms with Crippen molar-refractivity contribution in [3.8, 4) is 6.07 Å². The van der Waals surface area contributed by atoms with Gasteiger partial charge in [-0.2, -0.15) is 5.26 Å². The molecule has 0 radical (unpaired) electrons. The van der Waals surface area contributed by atoms with Crippen LogP contribution < -0.4 is 10.2 Å². The number of thiazole rings is 1. The molecule has 1 aliphatic rings. The fraction of sp³-hybridized carbons (Fsp3) is 0.417. The van der Waals surface area contributed by atoms with Crippen molar-refractivity contribution in [2.45, 2.75) is 59.4 Å². The van der Waals surface area contributed by atoms with E-state index in [0.29, 0.717) is 16.7 Å². The molecule has 2 aromatic rings. The topological polar surface area (TPSA) is 86.1 Å². The van der Waals surface area contributed by atoms with E-state index in [-0.39, 0.29) is 23.4 Å². The standard InChI is InChI=1S/C24H28N4O2S/c1-15-9-10-21(11-17(15)3)28(18(4)29)24-26-20(14-31-24)12-19(13-25)23(30)27-22-8-6-5-7-16(22)2/h9-12,14,16,22H,5-8H2,1-4H3,(H,27,30)/b19-12+. The number of hydrogen-bond acceptors (Lipinski definition) is 5. The highest BCUT2D eigenvalue weighted by Gasteiger charge is 2.24. The van der Waals surface area contributed by atoms with E-state index >= 15 is 0 Å². The number of hydrogen-bond donors (Lipinski definition) is 1. The molecular weight excluding hydrogens is 408 g/mol. The van der Waals surface area contributed by atoms with Crippen molar-refractivity contribution in [1.82, 2.24) is 10.3 Å². The Hall–Kier alpha value is -2.98. The predicted octanol–water partition coefficient (Wildman–Crippen LogP) is 5.05. The maximum Gasteiger partial charge on any atom is 0.262 e. The highest BCUT2D eigenvalue weighted by molar-refractivity contribution is 7.14. The van der Waals surface area contributed by atoms with E-state index in [9.17, 15) is 14.9 Å². The number of aryl methyl sites for hydroxylation is 2. The summed E-state index contributed by atoms with van der Waals surface area (Å²) in [5.74, 6) is -0.114. The highest BCUT2D eigenvalue weighted by Crippen LogP contribution is 2.31. The normalized spacial score (nSPS) is 18.9. The Morgan fingerprint density at radius 1 is 1.26 bits per heavy atom. The van der Waals surface area contributed by atoms with Crippen LogP contribution in [0.3, 0.4) is 0 Å². The van der Waals surface area contributed by atoms with Crippen LogP contribution in [0, 0.1) is 31.1 Å². The summed E-state index contributed by atoms with van der Waals surface area (Å²) < 4.78 is 0. The fourth-order valence-corrected chi connectivity index (χ4v) is 4.65. The Bertz CT molecular complexity index is 1050. The van der Waals surface area contributed by atoms with Gasteiger partial charge in [0.15, 0.2) is 5.13 Å². The summed E-state index contributed by atoms with van der Waals surface area (Å²) >= 11 is 1.30. The summed E-state index contributed by atoms with van der Waals surface area (Å²) in [6.07, 6.45) is 5.79. The molecule has 3 rings (SSSR count). The maximum absolute atomic E-state index is 12.6. The van der Waals surface area contributed by atoms with Crippen molar-refractivity contribution in [3.05, 3.63) is 46.0 Å². The van der Waals surface area contributed by atoms with Gasteiger partial charge in [-0.15, -0.1) is 11.3 Å². The molecule has 0 spiro atoms. The SMILES string of the molecule is CC(=O)N(c1ccc(C)c(C)c1)c1nc(/C=C(\C#N)C(=O)NC2CCCCC2C)cs1. The van der Waals surface area contributed by atoms with Gasteiger partial charge >= 0.3 is 0 Å². The molecule has 2 amide bonds. The van der Waals surface area contributed by atoms with E-state index in [1.165, 1.54) is 30.8 Å². The molecule has 0 bridgehead atoms. The van der Waals surface area contributed by atoms with Crippen LogP contribution in [-0.2, 0) is 9.59 Å². The van der Waals surface area contributed by atoms with Gasteiger partial charge in [0.2, 0.25) is 5.91 Å².